The molecule has 2 aromatic carbocycles. The van der Waals surface area contributed by atoms with Gasteiger partial charge in [0, 0.05) is 4.47 Å². The highest BCUT2D eigenvalue weighted by molar-refractivity contribution is 9.10. The molecule has 0 bridgehead atoms. The Kier molecular flexibility index (Phi) is 6.09. The molecule has 3 N–H and O–H groups in total. The second kappa shape index (κ2) is 8.54. The first-order valence-corrected chi connectivity index (χ1v) is 9.39. The standard InChI is InChI=1S/C19H15BrClN3O5/c1-28-13-8-10(15(20)16(21)17(13)29-9-14(22)25)7-12-18(26)23-24(19(12)27)11-5-3-2-4-6-11/h2-8H,9H2,1H3,(H2,22,25)(H,23,26). The Hall–Kier alpha value is -3.04. The summed E-state index contributed by atoms with van der Waals surface area (Å²) in [6.45, 7) is -0.393. The third-order valence-corrected chi connectivity index (χ3v) is 5.38. The molecule has 3 rings (SSSR count). The number of rotatable bonds is 6. The van der Waals surface area contributed by atoms with Gasteiger partial charge in [0.1, 0.15) is 10.6 Å². The lowest BCUT2D eigenvalue weighted by Crippen LogP contribution is -2.35. The van der Waals surface area contributed by atoms with E-state index in [1.165, 1.54) is 19.3 Å². The van der Waals surface area contributed by atoms with Crippen LogP contribution in [0.4, 0.5) is 5.69 Å². The summed E-state index contributed by atoms with van der Waals surface area (Å²) >= 11 is 9.64. The Bertz CT molecular complexity index is 1030. The molecule has 10 heteroatoms. The summed E-state index contributed by atoms with van der Waals surface area (Å²) in [6, 6.07) is 10.2. The van der Waals surface area contributed by atoms with Gasteiger partial charge in [-0.3, -0.25) is 19.8 Å². The summed E-state index contributed by atoms with van der Waals surface area (Å²) in [6.07, 6.45) is 1.39. The quantitative estimate of drug-likeness (QED) is 0.487. The minimum Gasteiger partial charge on any atom is -0.493 e. The zero-order valence-corrected chi connectivity index (χ0v) is 17.4. The topological polar surface area (TPSA) is 111 Å². The SMILES string of the molecule is COc1cc(C=C2C(=O)NN(c3ccccc3)C2=O)c(Br)c(Cl)c1OCC(N)=O. The van der Waals surface area contributed by atoms with Crippen molar-refractivity contribution in [2.45, 2.75) is 0 Å². The van der Waals surface area contributed by atoms with Crippen molar-refractivity contribution in [3.63, 3.8) is 0 Å². The number of halogens is 2. The molecule has 8 nitrogen and oxygen atoms in total. The summed E-state index contributed by atoms with van der Waals surface area (Å²) in [5, 5.41) is 1.26. The number of primary amides is 1. The van der Waals surface area contributed by atoms with E-state index >= 15 is 0 Å². The first-order valence-electron chi connectivity index (χ1n) is 8.22. The Morgan fingerprint density at radius 3 is 2.62 bits per heavy atom. The minimum absolute atomic E-state index is 0.0847. The van der Waals surface area contributed by atoms with E-state index in [-0.39, 0.29) is 22.1 Å². The number of methoxy groups -OCH3 is 1. The molecule has 0 unspecified atom stereocenters. The summed E-state index contributed by atoms with van der Waals surface area (Å²) < 4.78 is 10.9. The van der Waals surface area contributed by atoms with Gasteiger partial charge in [-0.2, -0.15) is 0 Å². The molecule has 0 radical (unpaired) electrons. The van der Waals surface area contributed by atoms with Gasteiger partial charge in [-0.1, -0.05) is 29.8 Å². The fourth-order valence-electron chi connectivity index (χ4n) is 2.61. The number of benzene rings is 2. The van der Waals surface area contributed by atoms with E-state index in [1.54, 1.807) is 30.3 Å². The van der Waals surface area contributed by atoms with Crippen LogP contribution in [0.1, 0.15) is 5.56 Å². The van der Waals surface area contributed by atoms with Crippen LogP contribution in [-0.4, -0.2) is 31.4 Å². The molecule has 1 heterocycles. The van der Waals surface area contributed by atoms with Crippen LogP contribution in [-0.2, 0) is 14.4 Å². The molecule has 1 saturated heterocycles. The van der Waals surface area contributed by atoms with Crippen molar-refractivity contribution in [2.75, 3.05) is 18.7 Å². The van der Waals surface area contributed by atoms with Gasteiger partial charge in [0.2, 0.25) is 0 Å². The van der Waals surface area contributed by atoms with Gasteiger partial charge in [-0.25, -0.2) is 5.01 Å². The summed E-state index contributed by atoms with van der Waals surface area (Å²) in [4.78, 5) is 36.1. The fraction of sp³-hybridized carbons (Fsp3) is 0.105. The Balaban J connectivity index is 1.99. The van der Waals surface area contributed by atoms with Crippen molar-refractivity contribution in [1.82, 2.24) is 5.43 Å². The molecule has 1 fully saturated rings. The second-order valence-corrected chi connectivity index (χ2v) is 7.03. The molecular formula is C19H15BrClN3O5. The number of nitrogens with two attached hydrogens (primary N) is 1. The van der Waals surface area contributed by atoms with Crippen LogP contribution in [0, 0.1) is 0 Å². The summed E-state index contributed by atoms with van der Waals surface area (Å²) in [7, 11) is 1.39. The van der Waals surface area contributed by atoms with Gasteiger partial charge >= 0.3 is 0 Å². The van der Waals surface area contributed by atoms with E-state index in [4.69, 9.17) is 26.8 Å². The van der Waals surface area contributed by atoms with Crippen molar-refractivity contribution >= 4 is 57.0 Å². The maximum Gasteiger partial charge on any atom is 0.282 e. The Morgan fingerprint density at radius 1 is 1.31 bits per heavy atom. The fourth-order valence-corrected chi connectivity index (χ4v) is 3.28. The smallest absolute Gasteiger partial charge is 0.282 e. The predicted octanol–water partition coefficient (Wildman–Crippen LogP) is 2.44. The number of nitrogens with one attached hydrogen (secondary N) is 1. The van der Waals surface area contributed by atoms with Crippen LogP contribution in [0.2, 0.25) is 5.02 Å². The van der Waals surface area contributed by atoms with E-state index in [0.717, 1.165) is 5.01 Å². The lowest BCUT2D eigenvalue weighted by molar-refractivity contribution is -0.120. The van der Waals surface area contributed by atoms with E-state index in [9.17, 15) is 14.4 Å². The maximum atomic E-state index is 12.7. The van der Waals surface area contributed by atoms with Crippen LogP contribution in [0.5, 0.6) is 11.5 Å². The lowest BCUT2D eigenvalue weighted by atomic mass is 10.1. The number of nitrogens with zero attached hydrogens (tertiary/aromatic N) is 1. The molecule has 0 saturated carbocycles. The Labute approximate surface area is 179 Å². The average molecular weight is 481 g/mol. The molecule has 29 heavy (non-hydrogen) atoms. The normalized spacial score (nSPS) is 14.9. The number of amides is 3. The molecule has 1 aliphatic rings. The number of hydrazine groups is 1. The largest absolute Gasteiger partial charge is 0.493 e. The molecule has 3 amide bonds. The zero-order chi connectivity index (χ0) is 21.1. The van der Waals surface area contributed by atoms with Gasteiger partial charge in [0.25, 0.3) is 17.7 Å². The third kappa shape index (κ3) is 4.20. The first kappa shape index (κ1) is 20.7. The van der Waals surface area contributed by atoms with Crippen LogP contribution in [0.15, 0.2) is 46.4 Å². The molecule has 0 aromatic heterocycles. The van der Waals surface area contributed by atoms with E-state index < -0.39 is 24.3 Å². The van der Waals surface area contributed by atoms with E-state index in [1.807, 2.05) is 0 Å². The van der Waals surface area contributed by atoms with Crippen molar-refractivity contribution in [3.8, 4) is 11.5 Å². The van der Waals surface area contributed by atoms with Gasteiger partial charge in [0.05, 0.1) is 12.8 Å². The van der Waals surface area contributed by atoms with Crippen molar-refractivity contribution in [3.05, 3.63) is 57.0 Å². The van der Waals surface area contributed by atoms with Gasteiger partial charge in [-0.15, -0.1) is 0 Å². The maximum absolute atomic E-state index is 12.7. The Morgan fingerprint density at radius 2 is 2.00 bits per heavy atom. The monoisotopic (exact) mass is 479 g/mol. The summed E-state index contributed by atoms with van der Waals surface area (Å²) in [5.41, 5.74) is 8.46. The van der Waals surface area contributed by atoms with Crippen LogP contribution in [0.25, 0.3) is 6.08 Å². The number of carbonyl (C=O) groups excluding carboxylic acids is 3. The predicted molar refractivity (Wildman–Crippen MR) is 110 cm³/mol. The van der Waals surface area contributed by atoms with Gasteiger partial charge < -0.3 is 15.2 Å². The van der Waals surface area contributed by atoms with Crippen LogP contribution < -0.4 is 25.6 Å². The molecule has 150 valence electrons. The summed E-state index contributed by atoms with van der Waals surface area (Å²) in [5.74, 6) is -1.45. The highest BCUT2D eigenvalue weighted by Gasteiger charge is 2.34. The molecule has 0 aliphatic carbocycles. The van der Waals surface area contributed by atoms with E-state index in [2.05, 4.69) is 21.4 Å². The van der Waals surface area contributed by atoms with Crippen molar-refractivity contribution < 1.29 is 23.9 Å². The van der Waals surface area contributed by atoms with Crippen LogP contribution in [0.3, 0.4) is 0 Å². The molecule has 2 aromatic rings. The minimum atomic E-state index is -0.681. The number of hydrogen-bond acceptors (Lipinski definition) is 5. The third-order valence-electron chi connectivity index (χ3n) is 3.94. The number of hydrogen-bond donors (Lipinski definition) is 2. The van der Waals surface area contributed by atoms with Crippen molar-refractivity contribution in [1.29, 1.82) is 0 Å². The number of carbonyl (C=O) groups is 3. The van der Waals surface area contributed by atoms with Crippen LogP contribution >= 0.6 is 27.5 Å². The number of anilines is 1. The molecular weight excluding hydrogens is 466 g/mol. The lowest BCUT2D eigenvalue weighted by Gasteiger charge is -2.15. The number of ether oxygens (including phenoxy) is 2. The second-order valence-electron chi connectivity index (χ2n) is 5.86. The average Bonchev–Trinajstić information content (AvgIpc) is 2.99. The molecule has 0 spiro atoms. The van der Waals surface area contributed by atoms with Crippen molar-refractivity contribution in [2.24, 2.45) is 5.73 Å². The van der Waals surface area contributed by atoms with Gasteiger partial charge in [0.15, 0.2) is 18.1 Å². The molecule has 0 atom stereocenters. The van der Waals surface area contributed by atoms with E-state index in [0.29, 0.717) is 15.7 Å². The van der Waals surface area contributed by atoms with Gasteiger partial charge in [-0.05, 0) is 45.8 Å². The zero-order valence-electron chi connectivity index (χ0n) is 15.1. The number of para-hydroxylation sites is 1. The molecule has 1 aliphatic heterocycles. The highest BCUT2D eigenvalue weighted by atomic mass is 79.9. The first-order chi connectivity index (χ1) is 13.8. The highest BCUT2D eigenvalue weighted by Crippen LogP contribution is 2.43.